The summed E-state index contributed by atoms with van der Waals surface area (Å²) in [6.45, 7) is 0.695. The molecular weight excluding hydrogens is 228 g/mol. The first-order valence-electron chi connectivity index (χ1n) is 4.83. The molecule has 17 heavy (non-hydrogen) atoms. The molecule has 1 aromatic heterocycles. The maximum atomic E-state index is 11.1. The van der Waals surface area contributed by atoms with Crippen molar-refractivity contribution in [3.63, 3.8) is 0 Å². The van der Waals surface area contributed by atoms with Crippen LogP contribution in [-0.2, 0) is 0 Å². The van der Waals surface area contributed by atoms with Crippen LogP contribution in [0.1, 0.15) is 16.8 Å². The maximum Gasteiger partial charge on any atom is 0.288 e. The van der Waals surface area contributed by atoms with Crippen LogP contribution in [0.3, 0.4) is 0 Å². The number of nitro groups is 1. The minimum Gasteiger partial charge on any atom is -0.477 e. The third-order valence-corrected chi connectivity index (χ3v) is 1.90. The number of nitrogens with two attached hydrogens (primary N) is 2. The zero-order chi connectivity index (χ0) is 12.8. The van der Waals surface area contributed by atoms with E-state index in [2.05, 4.69) is 4.98 Å². The molecule has 0 saturated carbocycles. The SMILES string of the molecule is NCCCOc1ncc([N+](=O)[O-])cc1C(N)=O. The maximum absolute atomic E-state index is 11.1. The molecule has 8 nitrogen and oxygen atoms in total. The number of rotatable bonds is 6. The van der Waals surface area contributed by atoms with Gasteiger partial charge in [0, 0.05) is 6.07 Å². The lowest BCUT2D eigenvalue weighted by molar-refractivity contribution is -0.385. The molecule has 1 aromatic rings. The highest BCUT2D eigenvalue weighted by Gasteiger charge is 2.17. The van der Waals surface area contributed by atoms with Gasteiger partial charge in [-0.2, -0.15) is 0 Å². The highest BCUT2D eigenvalue weighted by molar-refractivity contribution is 5.95. The smallest absolute Gasteiger partial charge is 0.288 e. The molecule has 92 valence electrons. The molecule has 0 aliphatic carbocycles. The molecule has 0 saturated heterocycles. The molecule has 1 rings (SSSR count). The van der Waals surface area contributed by atoms with Gasteiger partial charge >= 0.3 is 0 Å². The Morgan fingerprint density at radius 3 is 2.82 bits per heavy atom. The van der Waals surface area contributed by atoms with Crippen LogP contribution in [0.4, 0.5) is 5.69 Å². The number of amides is 1. The highest BCUT2D eigenvalue weighted by atomic mass is 16.6. The molecule has 0 aliphatic rings. The first-order valence-corrected chi connectivity index (χ1v) is 4.83. The molecule has 1 amide bonds. The summed E-state index contributed by atoms with van der Waals surface area (Å²) in [6.07, 6.45) is 1.58. The van der Waals surface area contributed by atoms with E-state index in [1.807, 2.05) is 0 Å². The quantitative estimate of drug-likeness (QED) is 0.402. The Morgan fingerprint density at radius 1 is 1.59 bits per heavy atom. The van der Waals surface area contributed by atoms with Crippen LogP contribution in [-0.4, -0.2) is 29.0 Å². The van der Waals surface area contributed by atoms with E-state index in [1.165, 1.54) is 0 Å². The zero-order valence-corrected chi connectivity index (χ0v) is 8.96. The molecule has 0 aliphatic heterocycles. The van der Waals surface area contributed by atoms with Crippen molar-refractivity contribution in [2.75, 3.05) is 13.2 Å². The second kappa shape index (κ2) is 5.75. The predicted molar refractivity (Wildman–Crippen MR) is 58.6 cm³/mol. The first-order chi connectivity index (χ1) is 8.06. The fraction of sp³-hybridized carbons (Fsp3) is 0.333. The van der Waals surface area contributed by atoms with Crippen LogP contribution in [0.15, 0.2) is 12.3 Å². The molecule has 1 heterocycles. The molecule has 0 radical (unpaired) electrons. The van der Waals surface area contributed by atoms with E-state index >= 15 is 0 Å². The van der Waals surface area contributed by atoms with Crippen molar-refractivity contribution < 1.29 is 14.5 Å². The van der Waals surface area contributed by atoms with Gasteiger partial charge < -0.3 is 16.2 Å². The van der Waals surface area contributed by atoms with Gasteiger partial charge in [0.25, 0.3) is 11.6 Å². The number of hydrogen-bond donors (Lipinski definition) is 2. The summed E-state index contributed by atoms with van der Waals surface area (Å²) in [5, 5.41) is 10.5. The molecule has 4 N–H and O–H groups in total. The van der Waals surface area contributed by atoms with Crippen LogP contribution >= 0.6 is 0 Å². The number of primary amides is 1. The first kappa shape index (κ1) is 12.8. The number of carbonyl (C=O) groups is 1. The average Bonchev–Trinajstić information content (AvgIpc) is 2.29. The summed E-state index contributed by atoms with van der Waals surface area (Å²) in [7, 11) is 0. The largest absolute Gasteiger partial charge is 0.477 e. The van der Waals surface area contributed by atoms with E-state index in [1.54, 1.807) is 0 Å². The predicted octanol–water partition coefficient (Wildman–Crippen LogP) is -0.184. The average molecular weight is 240 g/mol. The number of hydrogen-bond acceptors (Lipinski definition) is 6. The minimum atomic E-state index is -0.830. The molecule has 0 spiro atoms. The van der Waals surface area contributed by atoms with Crippen molar-refractivity contribution in [1.82, 2.24) is 4.98 Å². The summed E-state index contributed by atoms with van der Waals surface area (Å²) in [6, 6.07) is 1.03. The number of nitrogens with zero attached hydrogens (tertiary/aromatic N) is 2. The topological polar surface area (TPSA) is 134 Å². The fourth-order valence-corrected chi connectivity index (χ4v) is 1.08. The van der Waals surface area contributed by atoms with Gasteiger partial charge in [0.15, 0.2) is 0 Å². The highest BCUT2D eigenvalue weighted by Crippen LogP contribution is 2.20. The summed E-state index contributed by atoms with van der Waals surface area (Å²) >= 11 is 0. The van der Waals surface area contributed by atoms with Gasteiger partial charge in [0.2, 0.25) is 5.88 Å². The summed E-state index contributed by atoms with van der Waals surface area (Å²) in [4.78, 5) is 24.6. The van der Waals surface area contributed by atoms with Gasteiger partial charge in [-0.1, -0.05) is 0 Å². The molecule has 0 aromatic carbocycles. The molecule has 0 unspecified atom stereocenters. The number of aromatic nitrogens is 1. The third kappa shape index (κ3) is 3.38. The van der Waals surface area contributed by atoms with Gasteiger partial charge in [-0.3, -0.25) is 14.9 Å². The Kier molecular flexibility index (Phi) is 4.35. The van der Waals surface area contributed by atoms with Gasteiger partial charge in [-0.25, -0.2) is 4.98 Å². The Hall–Kier alpha value is -2.22. The van der Waals surface area contributed by atoms with Crippen LogP contribution in [0.2, 0.25) is 0 Å². The Labute approximate surface area is 96.7 Å². The van der Waals surface area contributed by atoms with E-state index in [9.17, 15) is 14.9 Å². The van der Waals surface area contributed by atoms with E-state index < -0.39 is 10.8 Å². The van der Waals surface area contributed by atoms with Crippen molar-refractivity contribution in [2.24, 2.45) is 11.5 Å². The lowest BCUT2D eigenvalue weighted by Crippen LogP contribution is -2.15. The van der Waals surface area contributed by atoms with Crippen molar-refractivity contribution in [3.05, 3.63) is 27.9 Å². The van der Waals surface area contributed by atoms with Crippen molar-refractivity contribution in [3.8, 4) is 5.88 Å². The van der Waals surface area contributed by atoms with Crippen molar-refractivity contribution >= 4 is 11.6 Å². The number of carbonyl (C=O) groups excluding carboxylic acids is 1. The van der Waals surface area contributed by atoms with Crippen molar-refractivity contribution in [2.45, 2.75) is 6.42 Å². The van der Waals surface area contributed by atoms with Crippen LogP contribution in [0, 0.1) is 10.1 Å². The van der Waals surface area contributed by atoms with E-state index in [4.69, 9.17) is 16.2 Å². The normalized spacial score (nSPS) is 9.94. The van der Waals surface area contributed by atoms with Gasteiger partial charge in [-0.15, -0.1) is 0 Å². The molecule has 0 bridgehead atoms. The third-order valence-electron chi connectivity index (χ3n) is 1.90. The van der Waals surface area contributed by atoms with Crippen LogP contribution in [0.5, 0.6) is 5.88 Å². The van der Waals surface area contributed by atoms with E-state index in [0.717, 1.165) is 12.3 Å². The summed E-state index contributed by atoms with van der Waals surface area (Å²) in [5.41, 5.74) is 9.93. The molecular formula is C9H12N4O4. The van der Waals surface area contributed by atoms with E-state index in [0.29, 0.717) is 13.0 Å². The molecule has 0 atom stereocenters. The monoisotopic (exact) mass is 240 g/mol. The molecule has 0 fully saturated rings. The lowest BCUT2D eigenvalue weighted by atomic mass is 10.2. The van der Waals surface area contributed by atoms with Gasteiger partial charge in [0.05, 0.1) is 11.5 Å². The number of pyridine rings is 1. The Morgan fingerprint density at radius 2 is 2.29 bits per heavy atom. The minimum absolute atomic E-state index is 0.0171. The summed E-state index contributed by atoms with van der Waals surface area (Å²) < 4.78 is 5.16. The van der Waals surface area contributed by atoms with Gasteiger partial charge in [-0.05, 0) is 13.0 Å². The standard InChI is InChI=1S/C9H12N4O4/c10-2-1-3-17-9-7(8(11)14)4-6(5-12-9)13(15)16/h4-5H,1-3,10H2,(H2,11,14). The zero-order valence-electron chi connectivity index (χ0n) is 8.96. The van der Waals surface area contributed by atoms with Crippen molar-refractivity contribution in [1.29, 1.82) is 0 Å². The Bertz CT molecular complexity index is 435. The van der Waals surface area contributed by atoms with E-state index in [-0.39, 0.29) is 23.7 Å². The second-order valence-electron chi connectivity index (χ2n) is 3.16. The van der Waals surface area contributed by atoms with Crippen LogP contribution < -0.4 is 16.2 Å². The van der Waals surface area contributed by atoms with Gasteiger partial charge in [0.1, 0.15) is 11.8 Å². The Balaban J connectivity index is 2.96. The second-order valence-corrected chi connectivity index (χ2v) is 3.16. The summed E-state index contributed by atoms with van der Waals surface area (Å²) in [5.74, 6) is -0.847. The lowest BCUT2D eigenvalue weighted by Gasteiger charge is -2.07. The number of ether oxygens (including phenoxy) is 1. The van der Waals surface area contributed by atoms with Crippen LogP contribution in [0.25, 0.3) is 0 Å². The molecule has 8 heteroatoms. The fourth-order valence-electron chi connectivity index (χ4n) is 1.08.